The topological polar surface area (TPSA) is 90.0 Å². The maximum Gasteiger partial charge on any atom is 0.404 e. The fraction of sp³-hybridized carbons (Fsp3) is 0.656. The molecule has 0 aliphatic carbocycles. The van der Waals surface area contributed by atoms with Crippen LogP contribution in [0.2, 0.25) is 0 Å². The number of benzene rings is 1. The first-order valence-electron chi connectivity index (χ1n) is 15.9. The number of sulfonamides is 1. The highest BCUT2D eigenvalue weighted by molar-refractivity contribution is 7.89. The van der Waals surface area contributed by atoms with Gasteiger partial charge in [-0.15, -0.1) is 0 Å². The highest BCUT2D eigenvalue weighted by Crippen LogP contribution is 2.40. The van der Waals surface area contributed by atoms with Crippen molar-refractivity contribution in [3.05, 3.63) is 59.2 Å². The quantitative estimate of drug-likeness (QED) is 0.438. The van der Waals surface area contributed by atoms with Crippen molar-refractivity contribution in [2.45, 2.75) is 77.2 Å². The Hall–Kier alpha value is -2.61. The second-order valence-electron chi connectivity index (χ2n) is 13.2. The lowest BCUT2D eigenvalue weighted by Gasteiger charge is -2.54. The maximum absolute atomic E-state index is 13.4. The number of alkyl halides is 3. The van der Waals surface area contributed by atoms with Gasteiger partial charge in [-0.05, 0) is 64.9 Å². The van der Waals surface area contributed by atoms with E-state index in [1.807, 2.05) is 36.9 Å². The Morgan fingerprint density at radius 1 is 0.978 bits per heavy atom. The molecule has 0 bridgehead atoms. The van der Waals surface area contributed by atoms with Gasteiger partial charge >= 0.3 is 6.18 Å². The van der Waals surface area contributed by atoms with Gasteiger partial charge in [0.15, 0.2) is 5.75 Å². The zero-order chi connectivity index (χ0) is 32.6. The van der Waals surface area contributed by atoms with Crippen LogP contribution >= 0.6 is 0 Å². The van der Waals surface area contributed by atoms with E-state index in [0.717, 1.165) is 42.3 Å². The lowest BCUT2D eigenvalue weighted by Crippen LogP contribution is -2.63. The van der Waals surface area contributed by atoms with E-state index in [2.05, 4.69) is 45.7 Å². The summed E-state index contributed by atoms with van der Waals surface area (Å²) in [4.78, 5) is 28.8. The van der Waals surface area contributed by atoms with Gasteiger partial charge in [-0.2, -0.15) is 13.2 Å². The first-order valence-corrected chi connectivity index (χ1v) is 17.5. The summed E-state index contributed by atoms with van der Waals surface area (Å²) in [5.74, 6) is -1.69. The highest BCUT2D eigenvalue weighted by atomic mass is 32.2. The summed E-state index contributed by atoms with van der Waals surface area (Å²) in [6.07, 6.45) is -0.513. The van der Waals surface area contributed by atoms with Crippen molar-refractivity contribution in [3.63, 3.8) is 0 Å². The zero-order valence-corrected chi connectivity index (χ0v) is 27.4. The van der Waals surface area contributed by atoms with E-state index in [0.29, 0.717) is 42.9 Å². The number of piperazine rings is 1. The normalized spacial score (nSPS) is 23.6. The summed E-state index contributed by atoms with van der Waals surface area (Å²) in [6, 6.07) is 10.4. The lowest BCUT2D eigenvalue weighted by molar-refractivity contribution is -0.107. The highest BCUT2D eigenvalue weighted by Gasteiger charge is 2.44. The Labute approximate surface area is 264 Å². The molecule has 0 unspecified atom stereocenters. The molecule has 3 aliphatic heterocycles. The standard InChI is InChI=1S/C32H45F3N6O3S/c1-23-20-39(31(4)12-16-38(17-13-31)30(42)28-24(2)36-22-37-25(28)3)18-19-41(23)29(26-8-6-5-7-9-26)27-10-14-40(15-11-27)45(43,44)21-32(33,34)35/h5-9,22-23,27,29H,10-21H2,1-4H3/t23-,29+/m0/s1. The summed E-state index contributed by atoms with van der Waals surface area (Å²) in [5, 5.41) is 0. The van der Waals surface area contributed by atoms with Crippen molar-refractivity contribution in [3.8, 4) is 0 Å². The number of aryl methyl sites for hydroxylation is 2. The van der Waals surface area contributed by atoms with Gasteiger partial charge in [0.05, 0.1) is 17.0 Å². The van der Waals surface area contributed by atoms with Crippen LogP contribution in [0.5, 0.6) is 0 Å². The predicted octanol–water partition coefficient (Wildman–Crippen LogP) is 4.44. The predicted molar refractivity (Wildman–Crippen MR) is 166 cm³/mol. The third-order valence-corrected chi connectivity index (χ3v) is 12.0. The van der Waals surface area contributed by atoms with Gasteiger partial charge in [-0.25, -0.2) is 22.7 Å². The first-order chi connectivity index (χ1) is 21.2. The van der Waals surface area contributed by atoms with E-state index in [4.69, 9.17) is 0 Å². The minimum absolute atomic E-state index is 0.00575. The number of aromatic nitrogens is 2. The summed E-state index contributed by atoms with van der Waals surface area (Å²) >= 11 is 0. The molecule has 45 heavy (non-hydrogen) atoms. The molecule has 2 atom stereocenters. The van der Waals surface area contributed by atoms with Crippen LogP contribution in [0.4, 0.5) is 13.2 Å². The van der Waals surface area contributed by atoms with E-state index < -0.39 is 22.0 Å². The van der Waals surface area contributed by atoms with Crippen molar-refractivity contribution in [2.75, 3.05) is 51.6 Å². The monoisotopic (exact) mass is 650 g/mol. The second-order valence-corrected chi connectivity index (χ2v) is 15.2. The van der Waals surface area contributed by atoms with Gasteiger partial charge in [0.2, 0.25) is 10.0 Å². The van der Waals surface area contributed by atoms with Gasteiger partial charge < -0.3 is 4.90 Å². The van der Waals surface area contributed by atoms with E-state index in [1.54, 1.807) is 0 Å². The average Bonchev–Trinajstić information content (AvgIpc) is 2.98. The molecule has 0 N–H and O–H groups in total. The van der Waals surface area contributed by atoms with Crippen LogP contribution in [0, 0.1) is 19.8 Å². The fourth-order valence-electron chi connectivity index (χ4n) is 7.60. The Bertz CT molecular complexity index is 1420. The smallest absolute Gasteiger partial charge is 0.338 e. The molecule has 0 spiro atoms. The number of hydrogen-bond acceptors (Lipinski definition) is 7. The van der Waals surface area contributed by atoms with Crippen LogP contribution in [-0.4, -0.2) is 113 Å². The number of halogens is 3. The number of likely N-dealkylation sites (tertiary alicyclic amines) is 1. The van der Waals surface area contributed by atoms with E-state index >= 15 is 0 Å². The molecule has 248 valence electrons. The molecule has 13 heteroatoms. The number of piperidine rings is 2. The van der Waals surface area contributed by atoms with Gasteiger partial charge in [0.1, 0.15) is 6.33 Å². The molecule has 1 aromatic heterocycles. The third-order valence-electron chi connectivity index (χ3n) is 10.2. The zero-order valence-electron chi connectivity index (χ0n) is 26.6. The Kier molecular flexibility index (Phi) is 9.93. The van der Waals surface area contributed by atoms with Crippen molar-refractivity contribution >= 4 is 15.9 Å². The molecule has 1 amide bonds. The minimum Gasteiger partial charge on any atom is -0.338 e. The summed E-state index contributed by atoms with van der Waals surface area (Å²) < 4.78 is 64.7. The number of rotatable bonds is 7. The number of amides is 1. The van der Waals surface area contributed by atoms with Crippen LogP contribution in [0.25, 0.3) is 0 Å². The van der Waals surface area contributed by atoms with Gasteiger partial charge in [-0.1, -0.05) is 30.3 Å². The molecule has 3 saturated heterocycles. The SMILES string of the molecule is Cc1ncnc(C)c1C(=O)N1CCC(C)(N2CCN([C@H](c3ccccc3)C3CCN(S(=O)(=O)CC(F)(F)F)CC3)[C@@H](C)C2)CC1. The Morgan fingerprint density at radius 3 is 2.13 bits per heavy atom. The van der Waals surface area contributed by atoms with Gasteiger partial charge in [-0.3, -0.25) is 14.6 Å². The molecular formula is C32H45F3N6O3S. The van der Waals surface area contributed by atoms with Crippen molar-refractivity contribution in [1.29, 1.82) is 0 Å². The van der Waals surface area contributed by atoms with Crippen LogP contribution in [-0.2, 0) is 10.0 Å². The largest absolute Gasteiger partial charge is 0.404 e. The van der Waals surface area contributed by atoms with Crippen LogP contribution < -0.4 is 0 Å². The third kappa shape index (κ3) is 7.52. The van der Waals surface area contributed by atoms with Gasteiger partial charge in [0, 0.05) is 63.4 Å². The molecule has 2 aromatic rings. The fourth-order valence-corrected chi connectivity index (χ4v) is 8.96. The summed E-state index contributed by atoms with van der Waals surface area (Å²) in [5.41, 5.74) is 3.11. The number of carbonyl (C=O) groups excluding carboxylic acids is 1. The maximum atomic E-state index is 13.4. The Morgan fingerprint density at radius 2 is 1.58 bits per heavy atom. The molecule has 3 fully saturated rings. The molecular weight excluding hydrogens is 605 g/mol. The Balaban J connectivity index is 1.24. The van der Waals surface area contributed by atoms with Crippen molar-refractivity contribution in [1.82, 2.24) is 29.0 Å². The minimum atomic E-state index is -4.75. The lowest BCUT2D eigenvalue weighted by atomic mass is 9.82. The number of hydrogen-bond donors (Lipinski definition) is 0. The van der Waals surface area contributed by atoms with E-state index in [9.17, 15) is 26.4 Å². The first kappa shape index (κ1) is 33.7. The molecule has 1 aromatic carbocycles. The number of nitrogens with zero attached hydrogens (tertiary/aromatic N) is 6. The van der Waals surface area contributed by atoms with E-state index in [-0.39, 0.29) is 42.5 Å². The van der Waals surface area contributed by atoms with Crippen LogP contribution in [0.1, 0.15) is 72.9 Å². The van der Waals surface area contributed by atoms with Crippen molar-refractivity contribution in [2.24, 2.45) is 5.92 Å². The molecule has 3 aliphatic rings. The van der Waals surface area contributed by atoms with Crippen LogP contribution in [0.15, 0.2) is 36.7 Å². The van der Waals surface area contributed by atoms with Gasteiger partial charge in [0.25, 0.3) is 5.91 Å². The van der Waals surface area contributed by atoms with E-state index in [1.165, 1.54) is 6.33 Å². The summed E-state index contributed by atoms with van der Waals surface area (Å²) in [7, 11) is -4.39. The molecule has 0 radical (unpaired) electrons. The molecule has 5 rings (SSSR count). The van der Waals surface area contributed by atoms with Crippen molar-refractivity contribution < 1.29 is 26.4 Å². The van der Waals surface area contributed by atoms with Crippen LogP contribution in [0.3, 0.4) is 0 Å². The molecule has 9 nitrogen and oxygen atoms in total. The molecule has 4 heterocycles. The molecule has 0 saturated carbocycles. The average molecular weight is 651 g/mol. The second kappa shape index (κ2) is 13.2. The summed E-state index contributed by atoms with van der Waals surface area (Å²) in [6.45, 7) is 12.3. The number of carbonyl (C=O) groups is 1.